The van der Waals surface area contributed by atoms with Gasteiger partial charge in [0, 0.05) is 25.2 Å². The molecular weight excluding hydrogens is 292 g/mol. The molecule has 2 heteroatoms. The first-order valence-corrected chi connectivity index (χ1v) is 11.0. The average Bonchev–Trinajstić information content (AvgIpc) is 3.43. The molecule has 0 aromatic heterocycles. The fourth-order valence-electron chi connectivity index (χ4n) is 5.84. The molecule has 2 aliphatic carbocycles. The van der Waals surface area contributed by atoms with Crippen LogP contribution in [-0.2, 0) is 0 Å². The van der Waals surface area contributed by atoms with Gasteiger partial charge >= 0.3 is 0 Å². The highest BCUT2D eigenvalue weighted by atomic mass is 15.2. The van der Waals surface area contributed by atoms with Gasteiger partial charge in [0.2, 0.25) is 0 Å². The first kappa shape index (κ1) is 17.3. The van der Waals surface area contributed by atoms with E-state index in [2.05, 4.69) is 30.6 Å². The molecule has 2 aliphatic heterocycles. The largest absolute Gasteiger partial charge is 0.301 e. The summed E-state index contributed by atoms with van der Waals surface area (Å²) in [4.78, 5) is 5.68. The third-order valence-corrected chi connectivity index (χ3v) is 8.03. The smallest absolute Gasteiger partial charge is 0.00702 e. The Labute approximate surface area is 150 Å². The minimum atomic E-state index is 0.727. The molecule has 24 heavy (non-hydrogen) atoms. The van der Waals surface area contributed by atoms with Gasteiger partial charge in [0.05, 0.1) is 0 Å². The molecule has 2 nitrogen and oxygen atoms in total. The second-order valence-corrected chi connectivity index (χ2v) is 10.4. The van der Waals surface area contributed by atoms with Gasteiger partial charge in [-0.15, -0.1) is 0 Å². The van der Waals surface area contributed by atoms with Crippen molar-refractivity contribution >= 4 is 0 Å². The minimum Gasteiger partial charge on any atom is -0.301 e. The van der Waals surface area contributed by atoms with E-state index in [0.29, 0.717) is 0 Å². The molecule has 0 aromatic rings. The maximum Gasteiger partial charge on any atom is 0.00702 e. The Bertz CT molecular complexity index is 435. The lowest BCUT2D eigenvalue weighted by molar-refractivity contribution is 0.136. The van der Waals surface area contributed by atoms with Crippen LogP contribution in [0.5, 0.6) is 0 Å². The Morgan fingerprint density at radius 1 is 0.833 bits per heavy atom. The van der Waals surface area contributed by atoms with Gasteiger partial charge in [-0.1, -0.05) is 6.42 Å². The summed E-state index contributed by atoms with van der Waals surface area (Å²) in [6, 6.07) is 1.53. The Hall–Kier alpha value is -0.0800. The summed E-state index contributed by atoms with van der Waals surface area (Å²) >= 11 is 0. The van der Waals surface area contributed by atoms with Crippen molar-refractivity contribution < 1.29 is 0 Å². The van der Waals surface area contributed by atoms with Crippen molar-refractivity contribution in [1.29, 1.82) is 0 Å². The fourth-order valence-corrected chi connectivity index (χ4v) is 5.84. The molecule has 2 saturated heterocycles. The molecule has 2 unspecified atom stereocenters. The van der Waals surface area contributed by atoms with E-state index in [1.165, 1.54) is 90.4 Å². The van der Waals surface area contributed by atoms with Gasteiger partial charge in [0.15, 0.2) is 0 Å². The van der Waals surface area contributed by atoms with Crippen LogP contribution in [0.2, 0.25) is 0 Å². The third kappa shape index (κ3) is 3.85. The number of rotatable bonds is 4. The SMILES string of the molecule is CC(C)N1CCC2(CC2)CC(CC(C)N2CCCCC3(CC3)C2)C1. The summed E-state index contributed by atoms with van der Waals surface area (Å²) < 4.78 is 0. The normalized spacial score (nSPS) is 34.2. The van der Waals surface area contributed by atoms with Crippen LogP contribution in [0.4, 0.5) is 0 Å². The topological polar surface area (TPSA) is 6.48 Å². The lowest BCUT2D eigenvalue weighted by atomic mass is 9.86. The fraction of sp³-hybridized carbons (Fsp3) is 1.00. The molecule has 138 valence electrons. The van der Waals surface area contributed by atoms with Crippen LogP contribution in [0.15, 0.2) is 0 Å². The molecule has 0 radical (unpaired) electrons. The molecule has 4 rings (SSSR count). The molecule has 4 fully saturated rings. The van der Waals surface area contributed by atoms with Crippen LogP contribution in [0.3, 0.4) is 0 Å². The second kappa shape index (κ2) is 6.58. The lowest BCUT2D eigenvalue weighted by Gasteiger charge is -2.34. The van der Waals surface area contributed by atoms with Crippen molar-refractivity contribution in [2.24, 2.45) is 16.7 Å². The van der Waals surface area contributed by atoms with Crippen molar-refractivity contribution in [3.8, 4) is 0 Å². The van der Waals surface area contributed by atoms with Gasteiger partial charge in [0.25, 0.3) is 0 Å². The van der Waals surface area contributed by atoms with Gasteiger partial charge < -0.3 is 9.80 Å². The number of likely N-dealkylation sites (tertiary alicyclic amines) is 2. The Morgan fingerprint density at radius 2 is 1.58 bits per heavy atom. The zero-order valence-electron chi connectivity index (χ0n) is 16.5. The van der Waals surface area contributed by atoms with Crippen LogP contribution >= 0.6 is 0 Å². The summed E-state index contributed by atoms with van der Waals surface area (Å²) in [7, 11) is 0. The number of hydrogen-bond acceptors (Lipinski definition) is 2. The molecule has 4 aliphatic rings. The highest BCUT2D eigenvalue weighted by Gasteiger charge is 2.47. The maximum absolute atomic E-state index is 2.89. The molecule has 0 aromatic carbocycles. The van der Waals surface area contributed by atoms with Crippen LogP contribution in [0, 0.1) is 16.7 Å². The summed E-state index contributed by atoms with van der Waals surface area (Å²) in [6.07, 6.45) is 15.0. The van der Waals surface area contributed by atoms with E-state index in [1.54, 1.807) is 0 Å². The molecule has 2 saturated carbocycles. The molecule has 0 bridgehead atoms. The third-order valence-electron chi connectivity index (χ3n) is 8.03. The van der Waals surface area contributed by atoms with Crippen LogP contribution in [0.25, 0.3) is 0 Å². The maximum atomic E-state index is 2.89. The lowest BCUT2D eigenvalue weighted by Crippen LogP contribution is -2.40. The van der Waals surface area contributed by atoms with E-state index >= 15 is 0 Å². The Kier molecular flexibility index (Phi) is 4.75. The van der Waals surface area contributed by atoms with Crippen molar-refractivity contribution in [3.05, 3.63) is 0 Å². The molecular formula is C22H40N2. The van der Waals surface area contributed by atoms with Crippen molar-refractivity contribution in [3.63, 3.8) is 0 Å². The Morgan fingerprint density at radius 3 is 2.25 bits per heavy atom. The van der Waals surface area contributed by atoms with Gasteiger partial charge in [-0.2, -0.15) is 0 Å². The van der Waals surface area contributed by atoms with Gasteiger partial charge in [-0.3, -0.25) is 0 Å². The average molecular weight is 333 g/mol. The summed E-state index contributed by atoms with van der Waals surface area (Å²) in [6.45, 7) is 12.9. The zero-order valence-corrected chi connectivity index (χ0v) is 16.5. The summed E-state index contributed by atoms with van der Waals surface area (Å²) in [5, 5.41) is 0. The number of hydrogen-bond donors (Lipinski definition) is 0. The monoisotopic (exact) mass is 332 g/mol. The van der Waals surface area contributed by atoms with E-state index in [-0.39, 0.29) is 0 Å². The predicted octanol–water partition coefficient (Wildman–Crippen LogP) is 4.93. The predicted molar refractivity (Wildman–Crippen MR) is 102 cm³/mol. The summed E-state index contributed by atoms with van der Waals surface area (Å²) in [5.74, 6) is 0.936. The second-order valence-electron chi connectivity index (χ2n) is 10.4. The van der Waals surface area contributed by atoms with Gasteiger partial charge in [-0.05, 0) is 108 Å². The van der Waals surface area contributed by atoms with Gasteiger partial charge in [0.1, 0.15) is 0 Å². The van der Waals surface area contributed by atoms with Crippen molar-refractivity contribution in [1.82, 2.24) is 9.80 Å². The first-order valence-electron chi connectivity index (χ1n) is 11.0. The molecule has 2 heterocycles. The quantitative estimate of drug-likeness (QED) is 0.720. The molecule has 0 amide bonds. The Balaban J connectivity index is 1.38. The van der Waals surface area contributed by atoms with E-state index in [9.17, 15) is 0 Å². The molecule has 2 spiro atoms. The van der Waals surface area contributed by atoms with E-state index in [0.717, 1.165) is 28.8 Å². The van der Waals surface area contributed by atoms with E-state index in [4.69, 9.17) is 0 Å². The number of nitrogens with zero attached hydrogens (tertiary/aromatic N) is 2. The highest BCUT2D eigenvalue weighted by molar-refractivity contribution is 5.00. The molecule has 2 atom stereocenters. The van der Waals surface area contributed by atoms with E-state index < -0.39 is 0 Å². The molecule has 0 N–H and O–H groups in total. The first-order chi connectivity index (χ1) is 11.5. The van der Waals surface area contributed by atoms with Crippen molar-refractivity contribution in [2.75, 3.05) is 26.2 Å². The summed E-state index contributed by atoms with van der Waals surface area (Å²) in [5.41, 5.74) is 1.53. The van der Waals surface area contributed by atoms with Crippen LogP contribution in [0.1, 0.15) is 85.0 Å². The minimum absolute atomic E-state index is 0.727. The van der Waals surface area contributed by atoms with Crippen LogP contribution in [-0.4, -0.2) is 48.1 Å². The standard InChI is InChI=1S/C22H40N2/c1-18(2)23-13-11-21(7-8-21)15-20(16-23)14-19(3)24-12-5-4-6-22(17-24)9-10-22/h18-20H,4-17H2,1-3H3. The van der Waals surface area contributed by atoms with Gasteiger partial charge in [-0.25, -0.2) is 0 Å². The highest BCUT2D eigenvalue weighted by Crippen LogP contribution is 2.56. The van der Waals surface area contributed by atoms with Crippen LogP contribution < -0.4 is 0 Å². The zero-order chi connectivity index (χ0) is 16.8. The van der Waals surface area contributed by atoms with E-state index in [1.807, 2.05) is 0 Å². The van der Waals surface area contributed by atoms with Crippen molar-refractivity contribution in [2.45, 2.75) is 97.1 Å².